The Morgan fingerprint density at radius 2 is 1.61 bits per heavy atom. The van der Waals surface area contributed by atoms with Gasteiger partial charge in [0, 0.05) is 18.5 Å². The van der Waals surface area contributed by atoms with Gasteiger partial charge >= 0.3 is 5.97 Å². The van der Waals surface area contributed by atoms with Crippen LogP contribution in [0.2, 0.25) is 0 Å². The summed E-state index contributed by atoms with van der Waals surface area (Å²) in [4.78, 5) is 47.4. The second kappa shape index (κ2) is 9.87. The van der Waals surface area contributed by atoms with E-state index in [1.807, 2.05) is 32.0 Å². The van der Waals surface area contributed by atoms with E-state index in [0.29, 0.717) is 18.5 Å². The molecule has 2 atom stereocenters. The lowest BCUT2D eigenvalue weighted by atomic mass is 9.79. The lowest BCUT2D eigenvalue weighted by Crippen LogP contribution is -2.48. The minimum Gasteiger partial charge on any atom is -0.481 e. The molecule has 3 amide bonds. The summed E-state index contributed by atoms with van der Waals surface area (Å²) in [5.74, 6) is -3.68. The Morgan fingerprint density at radius 1 is 0.964 bits per heavy atom. The van der Waals surface area contributed by atoms with Crippen LogP contribution in [0, 0.1) is 25.7 Å². The highest BCUT2D eigenvalue weighted by Gasteiger charge is 2.35. The van der Waals surface area contributed by atoms with E-state index in [0.717, 1.165) is 24.0 Å². The lowest BCUT2D eigenvalue weighted by Gasteiger charge is -2.27. The van der Waals surface area contributed by atoms with E-state index in [-0.39, 0.29) is 18.7 Å². The molecule has 0 heterocycles. The van der Waals surface area contributed by atoms with Gasteiger partial charge in [-0.05, 0) is 38.3 Å². The van der Waals surface area contributed by atoms with Crippen molar-refractivity contribution in [1.29, 1.82) is 0 Å². The summed E-state index contributed by atoms with van der Waals surface area (Å²) in [6.07, 6.45) is 2.38. The summed E-state index contributed by atoms with van der Waals surface area (Å²) >= 11 is 0. The van der Waals surface area contributed by atoms with E-state index in [2.05, 4.69) is 16.2 Å². The van der Waals surface area contributed by atoms with Crippen molar-refractivity contribution in [2.75, 3.05) is 5.32 Å². The number of nitrogens with one attached hydrogen (secondary N) is 3. The van der Waals surface area contributed by atoms with E-state index in [4.69, 9.17) is 0 Å². The molecule has 0 bridgehead atoms. The Labute approximate surface area is 164 Å². The SMILES string of the molecule is Cc1ccc(NC(=O)CCC(=O)NNC(=O)[C@H]2CCCC[C@@H]2C(=O)O)c(C)c1. The fourth-order valence-electron chi connectivity index (χ4n) is 3.42. The molecule has 0 spiro atoms. The van der Waals surface area contributed by atoms with Crippen LogP contribution in [0.15, 0.2) is 18.2 Å². The lowest BCUT2D eigenvalue weighted by molar-refractivity contribution is -0.149. The van der Waals surface area contributed by atoms with Gasteiger partial charge in [0.05, 0.1) is 11.8 Å². The molecule has 1 fully saturated rings. The highest BCUT2D eigenvalue weighted by atomic mass is 16.4. The molecule has 0 radical (unpaired) electrons. The van der Waals surface area contributed by atoms with Crippen LogP contribution in [0.4, 0.5) is 5.69 Å². The molecular formula is C20H27N3O5. The molecule has 1 aliphatic carbocycles. The third kappa shape index (κ3) is 6.07. The summed E-state index contributed by atoms with van der Waals surface area (Å²) in [5, 5.41) is 12.0. The summed E-state index contributed by atoms with van der Waals surface area (Å²) in [5.41, 5.74) is 7.28. The third-order valence-corrected chi connectivity index (χ3v) is 4.98. The highest BCUT2D eigenvalue weighted by molar-refractivity contribution is 5.94. The van der Waals surface area contributed by atoms with E-state index >= 15 is 0 Å². The van der Waals surface area contributed by atoms with Crippen molar-refractivity contribution < 1.29 is 24.3 Å². The zero-order valence-electron chi connectivity index (χ0n) is 16.2. The van der Waals surface area contributed by atoms with Crippen LogP contribution in [0.1, 0.15) is 49.7 Å². The molecule has 1 aliphatic rings. The van der Waals surface area contributed by atoms with E-state index < -0.39 is 29.6 Å². The molecule has 8 nitrogen and oxygen atoms in total. The van der Waals surface area contributed by atoms with Crippen LogP contribution in [0.3, 0.4) is 0 Å². The molecule has 152 valence electrons. The average Bonchev–Trinajstić information content (AvgIpc) is 2.66. The first kappa shape index (κ1) is 21.4. The quantitative estimate of drug-likeness (QED) is 0.554. The molecule has 4 N–H and O–H groups in total. The van der Waals surface area contributed by atoms with Crippen molar-refractivity contribution in [2.45, 2.75) is 52.4 Å². The van der Waals surface area contributed by atoms with Gasteiger partial charge in [0.1, 0.15) is 0 Å². The zero-order valence-corrected chi connectivity index (χ0v) is 16.2. The Hall–Kier alpha value is -2.90. The van der Waals surface area contributed by atoms with Gasteiger partial charge in [-0.3, -0.25) is 30.0 Å². The number of carboxylic acids is 1. The van der Waals surface area contributed by atoms with E-state index in [9.17, 15) is 24.3 Å². The summed E-state index contributed by atoms with van der Waals surface area (Å²) in [6, 6.07) is 5.65. The minimum atomic E-state index is -0.991. The number of amides is 3. The molecule has 0 saturated heterocycles. The molecule has 1 aromatic rings. The number of benzene rings is 1. The van der Waals surface area contributed by atoms with Crippen LogP contribution >= 0.6 is 0 Å². The number of hydrogen-bond donors (Lipinski definition) is 4. The van der Waals surface area contributed by atoms with Gasteiger partial charge in [-0.2, -0.15) is 0 Å². The number of anilines is 1. The number of hydrogen-bond acceptors (Lipinski definition) is 4. The van der Waals surface area contributed by atoms with Crippen LogP contribution in [-0.4, -0.2) is 28.8 Å². The highest BCUT2D eigenvalue weighted by Crippen LogP contribution is 2.30. The van der Waals surface area contributed by atoms with Crippen LogP contribution in [-0.2, 0) is 19.2 Å². The number of carbonyl (C=O) groups is 4. The normalized spacial score (nSPS) is 18.8. The van der Waals surface area contributed by atoms with Gasteiger partial charge in [0.2, 0.25) is 17.7 Å². The van der Waals surface area contributed by atoms with Crippen molar-refractivity contribution in [3.05, 3.63) is 29.3 Å². The first-order chi connectivity index (χ1) is 13.3. The number of carbonyl (C=O) groups excluding carboxylic acids is 3. The maximum absolute atomic E-state index is 12.2. The first-order valence-electron chi connectivity index (χ1n) is 9.46. The number of aliphatic carboxylic acids is 1. The Bertz CT molecular complexity index is 762. The van der Waals surface area contributed by atoms with Gasteiger partial charge in [-0.25, -0.2) is 0 Å². The average molecular weight is 389 g/mol. The third-order valence-electron chi connectivity index (χ3n) is 4.98. The largest absolute Gasteiger partial charge is 0.481 e. The van der Waals surface area contributed by atoms with Gasteiger partial charge in [0.15, 0.2) is 0 Å². The monoisotopic (exact) mass is 389 g/mol. The molecule has 0 aliphatic heterocycles. The van der Waals surface area contributed by atoms with Crippen molar-refractivity contribution in [3.8, 4) is 0 Å². The van der Waals surface area contributed by atoms with Crippen molar-refractivity contribution in [2.24, 2.45) is 11.8 Å². The number of carboxylic acid groups (broad SMARTS) is 1. The summed E-state index contributed by atoms with van der Waals surface area (Å²) in [6.45, 7) is 3.85. The smallest absolute Gasteiger partial charge is 0.307 e. The Balaban J connectivity index is 1.75. The second-order valence-electron chi connectivity index (χ2n) is 7.24. The van der Waals surface area contributed by atoms with Crippen molar-refractivity contribution in [3.63, 3.8) is 0 Å². The molecule has 0 unspecified atom stereocenters. The fraction of sp³-hybridized carbons (Fsp3) is 0.500. The molecule has 0 aromatic heterocycles. The number of rotatable bonds is 6. The molecule has 1 saturated carbocycles. The van der Waals surface area contributed by atoms with Gasteiger partial charge in [0.25, 0.3) is 0 Å². The topological polar surface area (TPSA) is 125 Å². The van der Waals surface area contributed by atoms with Crippen LogP contribution in [0.5, 0.6) is 0 Å². The van der Waals surface area contributed by atoms with Gasteiger partial charge in [-0.1, -0.05) is 30.5 Å². The summed E-state index contributed by atoms with van der Waals surface area (Å²) in [7, 11) is 0. The Morgan fingerprint density at radius 3 is 2.25 bits per heavy atom. The van der Waals surface area contributed by atoms with E-state index in [1.165, 1.54) is 0 Å². The molecule has 1 aromatic carbocycles. The number of hydrazine groups is 1. The predicted octanol–water partition coefficient (Wildman–Crippen LogP) is 2.06. The second-order valence-corrected chi connectivity index (χ2v) is 7.24. The fourth-order valence-corrected chi connectivity index (χ4v) is 3.42. The Kier molecular flexibility index (Phi) is 7.54. The van der Waals surface area contributed by atoms with Crippen LogP contribution in [0.25, 0.3) is 0 Å². The van der Waals surface area contributed by atoms with Gasteiger partial charge < -0.3 is 10.4 Å². The van der Waals surface area contributed by atoms with Crippen molar-refractivity contribution >= 4 is 29.4 Å². The zero-order chi connectivity index (χ0) is 20.7. The van der Waals surface area contributed by atoms with Crippen molar-refractivity contribution in [1.82, 2.24) is 10.9 Å². The molecule has 2 rings (SSSR count). The molecule has 8 heteroatoms. The maximum atomic E-state index is 12.2. The molecule has 28 heavy (non-hydrogen) atoms. The minimum absolute atomic E-state index is 0.0315. The maximum Gasteiger partial charge on any atom is 0.307 e. The first-order valence-corrected chi connectivity index (χ1v) is 9.46. The standard InChI is InChI=1S/C20H27N3O5/c1-12-7-8-16(13(2)11-12)21-17(24)9-10-18(25)22-23-19(26)14-5-3-4-6-15(14)20(27)28/h7-8,11,14-15H,3-6,9-10H2,1-2H3,(H,21,24)(H,22,25)(H,23,26)(H,27,28)/t14-,15-/m0/s1. The van der Waals surface area contributed by atoms with Gasteiger partial charge in [-0.15, -0.1) is 0 Å². The molecular weight excluding hydrogens is 362 g/mol. The van der Waals surface area contributed by atoms with Crippen LogP contribution < -0.4 is 16.2 Å². The van der Waals surface area contributed by atoms with E-state index in [1.54, 1.807) is 0 Å². The predicted molar refractivity (Wildman–Crippen MR) is 103 cm³/mol. The number of aryl methyl sites for hydroxylation is 2. The summed E-state index contributed by atoms with van der Waals surface area (Å²) < 4.78 is 0.